The van der Waals surface area contributed by atoms with Gasteiger partial charge in [0.05, 0.1) is 0 Å². The molecule has 0 saturated heterocycles. The molecule has 1 aliphatic carbocycles. The van der Waals surface area contributed by atoms with E-state index in [1.165, 1.54) is 19.3 Å². The van der Waals surface area contributed by atoms with Crippen LogP contribution >= 0.6 is 0 Å². The summed E-state index contributed by atoms with van der Waals surface area (Å²) in [5, 5.41) is 0. The second-order valence-corrected chi connectivity index (χ2v) is 5.08. The first-order valence-electron chi connectivity index (χ1n) is 7.50. The Bertz CT molecular complexity index is 235. The van der Waals surface area contributed by atoms with Crippen LogP contribution in [0.15, 0.2) is 0 Å². The lowest BCUT2D eigenvalue weighted by molar-refractivity contribution is 0.122. The summed E-state index contributed by atoms with van der Waals surface area (Å²) in [5.41, 5.74) is 5.60. The number of hydrogen-bond donors (Lipinski definition) is 1. The van der Waals surface area contributed by atoms with E-state index in [0.29, 0.717) is 12.6 Å². The molecule has 4 heteroatoms. The van der Waals surface area contributed by atoms with Crippen LogP contribution in [-0.4, -0.2) is 48.1 Å². The molecule has 0 atom stereocenters. The average molecular weight is 255 g/mol. The molecule has 1 saturated carbocycles. The minimum Gasteiger partial charge on any atom is -0.330 e. The largest absolute Gasteiger partial charge is 0.330 e. The van der Waals surface area contributed by atoms with E-state index in [1.54, 1.807) is 0 Å². The summed E-state index contributed by atoms with van der Waals surface area (Å²) in [7, 11) is 0. The minimum atomic E-state index is 0.209. The lowest BCUT2D eigenvalue weighted by Crippen LogP contribution is -2.49. The average Bonchev–Trinajstić information content (AvgIpc) is 2.42. The highest BCUT2D eigenvalue weighted by Crippen LogP contribution is 2.23. The summed E-state index contributed by atoms with van der Waals surface area (Å²) in [6.45, 7) is 7.15. The van der Waals surface area contributed by atoms with Crippen molar-refractivity contribution in [3.8, 4) is 0 Å². The van der Waals surface area contributed by atoms with Gasteiger partial charge in [0.2, 0.25) is 0 Å². The Morgan fingerprint density at radius 3 is 2.28 bits per heavy atom. The zero-order valence-corrected chi connectivity index (χ0v) is 12.0. The number of carbonyl (C=O) groups is 1. The van der Waals surface area contributed by atoms with Crippen molar-refractivity contribution in [2.75, 3.05) is 26.2 Å². The van der Waals surface area contributed by atoms with Gasteiger partial charge in [-0.3, -0.25) is 0 Å². The van der Waals surface area contributed by atoms with Gasteiger partial charge in [-0.15, -0.1) is 0 Å². The Morgan fingerprint density at radius 2 is 1.78 bits per heavy atom. The smallest absolute Gasteiger partial charge is 0.320 e. The summed E-state index contributed by atoms with van der Waals surface area (Å²) in [6, 6.07) is 0.652. The minimum absolute atomic E-state index is 0.209. The predicted octanol–water partition coefficient (Wildman–Crippen LogP) is 2.43. The molecule has 106 valence electrons. The molecule has 0 radical (unpaired) electrons. The molecule has 2 amide bonds. The summed E-state index contributed by atoms with van der Waals surface area (Å²) < 4.78 is 0. The third-order valence-electron chi connectivity index (χ3n) is 3.90. The molecule has 1 rings (SSSR count). The number of amides is 2. The maximum atomic E-state index is 12.5. The van der Waals surface area contributed by atoms with Gasteiger partial charge in [-0.25, -0.2) is 4.79 Å². The van der Waals surface area contributed by atoms with Gasteiger partial charge >= 0.3 is 6.03 Å². The van der Waals surface area contributed by atoms with Gasteiger partial charge in [-0.05, 0) is 39.7 Å². The maximum Gasteiger partial charge on any atom is 0.320 e. The van der Waals surface area contributed by atoms with Crippen LogP contribution < -0.4 is 5.73 Å². The monoisotopic (exact) mass is 255 g/mol. The zero-order valence-electron chi connectivity index (χ0n) is 12.0. The predicted molar refractivity (Wildman–Crippen MR) is 75.6 cm³/mol. The van der Waals surface area contributed by atoms with Gasteiger partial charge in [0.1, 0.15) is 0 Å². The third-order valence-corrected chi connectivity index (χ3v) is 3.90. The van der Waals surface area contributed by atoms with E-state index in [-0.39, 0.29) is 6.03 Å². The Balaban J connectivity index is 2.65. The van der Waals surface area contributed by atoms with Gasteiger partial charge in [0.25, 0.3) is 0 Å². The molecule has 4 nitrogen and oxygen atoms in total. The normalized spacial score (nSPS) is 16.6. The lowest BCUT2D eigenvalue weighted by atomic mass is 9.94. The van der Waals surface area contributed by atoms with Gasteiger partial charge in [0.15, 0.2) is 0 Å². The van der Waals surface area contributed by atoms with E-state index >= 15 is 0 Å². The molecule has 0 aromatic heterocycles. The molecule has 0 aliphatic heterocycles. The SMILES string of the molecule is CCN(CC)C(=O)N(CCCN)C1CCCCC1. The Hall–Kier alpha value is -0.770. The molecule has 0 unspecified atom stereocenters. The number of nitrogens with zero attached hydrogens (tertiary/aromatic N) is 2. The highest BCUT2D eigenvalue weighted by molar-refractivity contribution is 5.74. The molecule has 2 N–H and O–H groups in total. The van der Waals surface area contributed by atoms with Crippen molar-refractivity contribution in [3.05, 3.63) is 0 Å². The van der Waals surface area contributed by atoms with Gasteiger partial charge in [-0.2, -0.15) is 0 Å². The Kier molecular flexibility index (Phi) is 7.09. The highest BCUT2D eigenvalue weighted by atomic mass is 16.2. The van der Waals surface area contributed by atoms with Crippen molar-refractivity contribution >= 4 is 6.03 Å². The van der Waals surface area contributed by atoms with Crippen LogP contribution in [0.3, 0.4) is 0 Å². The van der Waals surface area contributed by atoms with Crippen LogP contribution in [0.4, 0.5) is 4.79 Å². The number of urea groups is 1. The first-order chi connectivity index (χ1) is 8.74. The molecule has 18 heavy (non-hydrogen) atoms. The summed E-state index contributed by atoms with van der Waals surface area (Å²) in [5.74, 6) is 0. The molecule has 0 aromatic rings. The van der Waals surface area contributed by atoms with Crippen molar-refractivity contribution in [2.24, 2.45) is 5.73 Å². The molecule has 0 spiro atoms. The maximum absolute atomic E-state index is 12.5. The fourth-order valence-corrected chi connectivity index (χ4v) is 2.76. The molecule has 0 bridgehead atoms. The molecule has 1 aliphatic rings. The zero-order chi connectivity index (χ0) is 13.4. The van der Waals surface area contributed by atoms with E-state index < -0.39 is 0 Å². The summed E-state index contributed by atoms with van der Waals surface area (Å²) >= 11 is 0. The van der Waals surface area contributed by atoms with E-state index in [0.717, 1.165) is 38.9 Å². The van der Waals surface area contributed by atoms with Crippen molar-refractivity contribution in [3.63, 3.8) is 0 Å². The van der Waals surface area contributed by atoms with Gasteiger partial charge in [0, 0.05) is 25.7 Å². The van der Waals surface area contributed by atoms with E-state index in [4.69, 9.17) is 5.73 Å². The van der Waals surface area contributed by atoms with Crippen LogP contribution in [-0.2, 0) is 0 Å². The lowest BCUT2D eigenvalue weighted by Gasteiger charge is -2.37. The van der Waals surface area contributed by atoms with E-state index in [2.05, 4.69) is 4.90 Å². The van der Waals surface area contributed by atoms with Crippen molar-refractivity contribution in [1.82, 2.24) is 9.80 Å². The molecule has 0 aromatic carbocycles. The second kappa shape index (κ2) is 8.35. The van der Waals surface area contributed by atoms with E-state index in [1.807, 2.05) is 18.7 Å². The molecular weight excluding hydrogens is 226 g/mol. The number of rotatable bonds is 6. The first-order valence-corrected chi connectivity index (χ1v) is 7.50. The van der Waals surface area contributed by atoms with Crippen LogP contribution in [0, 0.1) is 0 Å². The standard InChI is InChI=1S/C14H29N3O/c1-3-16(4-2)14(18)17(12-8-11-15)13-9-6-5-7-10-13/h13H,3-12,15H2,1-2H3. The third kappa shape index (κ3) is 4.16. The number of carbonyl (C=O) groups excluding carboxylic acids is 1. The first kappa shape index (κ1) is 15.3. The van der Waals surface area contributed by atoms with Crippen molar-refractivity contribution < 1.29 is 4.79 Å². The van der Waals surface area contributed by atoms with Gasteiger partial charge < -0.3 is 15.5 Å². The fraction of sp³-hybridized carbons (Fsp3) is 0.929. The van der Waals surface area contributed by atoms with Crippen molar-refractivity contribution in [1.29, 1.82) is 0 Å². The molecule has 0 heterocycles. The molecule has 1 fully saturated rings. The number of hydrogen-bond acceptors (Lipinski definition) is 2. The fourth-order valence-electron chi connectivity index (χ4n) is 2.76. The van der Waals surface area contributed by atoms with Gasteiger partial charge in [-0.1, -0.05) is 19.3 Å². The van der Waals surface area contributed by atoms with Crippen LogP contribution in [0.1, 0.15) is 52.4 Å². The summed E-state index contributed by atoms with van der Waals surface area (Å²) in [6.07, 6.45) is 7.07. The van der Waals surface area contributed by atoms with E-state index in [9.17, 15) is 4.79 Å². The van der Waals surface area contributed by atoms with Crippen LogP contribution in [0.2, 0.25) is 0 Å². The Morgan fingerprint density at radius 1 is 1.17 bits per heavy atom. The highest BCUT2D eigenvalue weighted by Gasteiger charge is 2.27. The Labute approximate surface area is 111 Å². The van der Waals surface area contributed by atoms with Crippen molar-refractivity contribution in [2.45, 2.75) is 58.4 Å². The molecular formula is C14H29N3O. The van der Waals surface area contributed by atoms with Crippen LogP contribution in [0.25, 0.3) is 0 Å². The second-order valence-electron chi connectivity index (χ2n) is 5.08. The number of nitrogens with two attached hydrogens (primary N) is 1. The van der Waals surface area contributed by atoms with Crippen LogP contribution in [0.5, 0.6) is 0 Å². The topological polar surface area (TPSA) is 49.6 Å². The summed E-state index contributed by atoms with van der Waals surface area (Å²) in [4.78, 5) is 16.5. The quantitative estimate of drug-likeness (QED) is 0.792.